The van der Waals surface area contributed by atoms with Crippen molar-refractivity contribution in [3.8, 4) is 0 Å². The second-order valence-corrected chi connectivity index (χ2v) is 10.4. The number of aromatic nitrogens is 2. The fourth-order valence-corrected chi connectivity index (χ4v) is 5.99. The number of hydrogen-bond acceptors (Lipinski definition) is 9. The maximum Gasteiger partial charge on any atom is 0.255 e. The maximum atomic E-state index is 13.3. The molecule has 4 heterocycles. The molecule has 0 radical (unpaired) electrons. The van der Waals surface area contributed by atoms with Crippen molar-refractivity contribution < 1.29 is 9.59 Å². The Hall–Kier alpha value is -3.27. The lowest BCUT2D eigenvalue weighted by molar-refractivity contribution is -0.138. The standard InChI is InChI=1S/C26H36N8O2/c1-18(33-13-11-31(3)12-14-33)9-10-21(27-2)29-25-28-17-19-15-26(16-22(35)32(4)24(26)36)34(23(19)30-25)20-7-5-6-8-20/h9-10,17,20H,2,5-8,11-16H2,1,3-4H3,(H,28,29,30)/b18-9+,21-10+. The Labute approximate surface area is 212 Å². The number of imide groups is 1. The largest absolute Gasteiger partial charge is 0.372 e. The van der Waals surface area contributed by atoms with Gasteiger partial charge in [0.1, 0.15) is 17.2 Å². The molecule has 2 amide bonds. The summed E-state index contributed by atoms with van der Waals surface area (Å²) in [6, 6.07) is 0.193. The van der Waals surface area contributed by atoms with Gasteiger partial charge in [-0.2, -0.15) is 4.98 Å². The minimum atomic E-state index is -0.881. The van der Waals surface area contributed by atoms with Crippen molar-refractivity contribution in [3.05, 3.63) is 35.4 Å². The lowest BCUT2D eigenvalue weighted by Gasteiger charge is -2.38. The monoisotopic (exact) mass is 492 g/mol. The molecule has 2 saturated heterocycles. The number of allylic oxidation sites excluding steroid dienone is 3. The summed E-state index contributed by atoms with van der Waals surface area (Å²) in [4.78, 5) is 47.5. The Morgan fingerprint density at radius 2 is 1.86 bits per heavy atom. The highest BCUT2D eigenvalue weighted by atomic mass is 16.2. The van der Waals surface area contributed by atoms with Crippen LogP contribution in [0.4, 0.5) is 11.8 Å². The van der Waals surface area contributed by atoms with Crippen LogP contribution in [0.3, 0.4) is 0 Å². The molecular weight excluding hydrogens is 456 g/mol. The van der Waals surface area contributed by atoms with Crippen LogP contribution >= 0.6 is 0 Å². The number of carbonyl (C=O) groups excluding carboxylic acids is 2. The lowest BCUT2D eigenvalue weighted by atomic mass is 9.91. The molecule has 192 valence electrons. The van der Waals surface area contributed by atoms with Crippen molar-refractivity contribution in [2.45, 2.75) is 57.0 Å². The number of nitrogens with zero attached hydrogens (tertiary/aromatic N) is 7. The zero-order valence-electron chi connectivity index (χ0n) is 21.5. The number of amides is 2. The van der Waals surface area contributed by atoms with Gasteiger partial charge in [0.15, 0.2) is 0 Å². The first-order valence-electron chi connectivity index (χ1n) is 12.8. The Morgan fingerprint density at radius 1 is 1.14 bits per heavy atom. The van der Waals surface area contributed by atoms with Crippen molar-refractivity contribution in [1.82, 2.24) is 24.7 Å². The predicted octanol–water partition coefficient (Wildman–Crippen LogP) is 2.01. The van der Waals surface area contributed by atoms with Gasteiger partial charge in [0, 0.05) is 63.1 Å². The van der Waals surface area contributed by atoms with E-state index in [2.05, 4.69) is 50.7 Å². The first-order valence-corrected chi connectivity index (χ1v) is 12.8. The van der Waals surface area contributed by atoms with E-state index in [1.807, 2.05) is 12.2 Å². The molecule has 1 spiro atoms. The molecule has 4 aliphatic rings. The average molecular weight is 493 g/mol. The van der Waals surface area contributed by atoms with Crippen molar-refractivity contribution in [2.24, 2.45) is 4.99 Å². The molecular formula is C26H36N8O2. The molecule has 1 aromatic rings. The van der Waals surface area contributed by atoms with E-state index in [1.54, 1.807) is 13.2 Å². The van der Waals surface area contributed by atoms with Crippen LogP contribution in [0, 0.1) is 0 Å². The maximum absolute atomic E-state index is 13.3. The summed E-state index contributed by atoms with van der Waals surface area (Å²) in [6.07, 6.45) is 10.6. The summed E-state index contributed by atoms with van der Waals surface area (Å²) in [6.45, 7) is 9.90. The normalized spacial score (nSPS) is 25.9. The van der Waals surface area contributed by atoms with Gasteiger partial charge in [-0.3, -0.25) is 14.5 Å². The van der Waals surface area contributed by atoms with Gasteiger partial charge in [-0.15, -0.1) is 0 Å². The van der Waals surface area contributed by atoms with Crippen molar-refractivity contribution >= 4 is 30.3 Å². The van der Waals surface area contributed by atoms with E-state index in [9.17, 15) is 9.59 Å². The van der Waals surface area contributed by atoms with E-state index >= 15 is 0 Å². The summed E-state index contributed by atoms with van der Waals surface area (Å²) >= 11 is 0. The number of nitrogens with one attached hydrogen (secondary N) is 1. The second kappa shape index (κ2) is 9.65. The van der Waals surface area contributed by atoms with Crippen molar-refractivity contribution in [1.29, 1.82) is 0 Å². The highest BCUT2D eigenvalue weighted by Crippen LogP contribution is 2.47. The number of fused-ring (bicyclic) bond motifs is 1. The van der Waals surface area contributed by atoms with Crippen LogP contribution in [0.25, 0.3) is 0 Å². The predicted molar refractivity (Wildman–Crippen MR) is 140 cm³/mol. The van der Waals surface area contributed by atoms with Crippen LogP contribution in [0.5, 0.6) is 0 Å². The summed E-state index contributed by atoms with van der Waals surface area (Å²) < 4.78 is 0. The van der Waals surface area contributed by atoms with Crippen LogP contribution in [0.1, 0.15) is 44.6 Å². The van der Waals surface area contributed by atoms with Crippen LogP contribution in [-0.4, -0.2) is 95.1 Å². The van der Waals surface area contributed by atoms with Gasteiger partial charge in [0.05, 0.1) is 6.42 Å². The SMILES string of the molecule is C=N/C(=C\C=C(/C)N1CCN(C)CC1)Nc1ncc2c(n1)N(C1CCCC1)C1(CC(=O)N(C)C1=O)C2. The number of carbonyl (C=O) groups is 2. The molecule has 1 aliphatic carbocycles. The van der Waals surface area contributed by atoms with E-state index in [0.717, 1.165) is 63.2 Å². The fraction of sp³-hybridized carbons (Fsp3) is 0.577. The summed E-state index contributed by atoms with van der Waals surface area (Å²) in [5.41, 5.74) is 1.20. The van der Waals surface area contributed by atoms with Crippen molar-refractivity contribution in [2.75, 3.05) is 50.5 Å². The number of likely N-dealkylation sites (tertiary alicyclic amines) is 1. The number of likely N-dealkylation sites (N-methyl/N-ethyl adjacent to an activating group) is 2. The zero-order valence-corrected chi connectivity index (χ0v) is 21.5. The Kier molecular flexibility index (Phi) is 6.55. The molecule has 10 heteroatoms. The molecule has 1 atom stereocenters. The van der Waals surface area contributed by atoms with Gasteiger partial charge >= 0.3 is 0 Å². The van der Waals surface area contributed by atoms with Gasteiger partial charge in [-0.1, -0.05) is 12.8 Å². The second-order valence-electron chi connectivity index (χ2n) is 10.4. The average Bonchev–Trinajstić information content (AvgIpc) is 3.56. The van der Waals surface area contributed by atoms with E-state index < -0.39 is 5.54 Å². The summed E-state index contributed by atoms with van der Waals surface area (Å²) in [5.74, 6) is 1.44. The third-order valence-electron chi connectivity index (χ3n) is 8.12. The smallest absolute Gasteiger partial charge is 0.255 e. The molecule has 1 N–H and O–H groups in total. The molecule has 1 unspecified atom stereocenters. The Balaban J connectivity index is 1.40. The summed E-state index contributed by atoms with van der Waals surface area (Å²) in [7, 11) is 3.73. The van der Waals surface area contributed by atoms with Crippen LogP contribution < -0.4 is 10.2 Å². The number of anilines is 2. The molecule has 1 saturated carbocycles. The molecule has 36 heavy (non-hydrogen) atoms. The Bertz CT molecular complexity index is 1120. The minimum absolute atomic E-state index is 0.134. The molecule has 0 bridgehead atoms. The zero-order chi connectivity index (χ0) is 25.4. The highest BCUT2D eigenvalue weighted by Gasteiger charge is 2.60. The van der Waals surface area contributed by atoms with Gasteiger partial charge in [-0.25, -0.2) is 9.98 Å². The first kappa shape index (κ1) is 24.4. The fourth-order valence-electron chi connectivity index (χ4n) is 5.99. The lowest BCUT2D eigenvalue weighted by Crippen LogP contribution is -2.56. The van der Waals surface area contributed by atoms with Gasteiger partial charge < -0.3 is 20.0 Å². The van der Waals surface area contributed by atoms with Crippen LogP contribution in [0.15, 0.2) is 34.9 Å². The third-order valence-corrected chi connectivity index (χ3v) is 8.12. The van der Waals surface area contributed by atoms with Gasteiger partial charge in [-0.05, 0) is 45.7 Å². The first-order chi connectivity index (χ1) is 17.3. The molecule has 5 rings (SSSR count). The topological polar surface area (TPSA) is 97.3 Å². The third kappa shape index (κ3) is 4.27. The number of piperazine rings is 1. The van der Waals surface area contributed by atoms with E-state index in [0.29, 0.717) is 18.2 Å². The van der Waals surface area contributed by atoms with Gasteiger partial charge in [0.2, 0.25) is 11.9 Å². The van der Waals surface area contributed by atoms with Crippen LogP contribution in [0.2, 0.25) is 0 Å². The van der Waals surface area contributed by atoms with Crippen molar-refractivity contribution in [3.63, 3.8) is 0 Å². The quantitative estimate of drug-likeness (QED) is 0.366. The van der Waals surface area contributed by atoms with E-state index in [-0.39, 0.29) is 24.3 Å². The van der Waals surface area contributed by atoms with Crippen LogP contribution in [-0.2, 0) is 16.0 Å². The van der Waals surface area contributed by atoms with E-state index in [1.165, 1.54) is 10.6 Å². The molecule has 3 aliphatic heterocycles. The molecule has 0 aromatic carbocycles. The summed E-state index contributed by atoms with van der Waals surface area (Å²) in [5, 5.41) is 3.19. The molecule has 1 aromatic heterocycles. The number of rotatable bonds is 6. The number of hydrogen-bond donors (Lipinski definition) is 1. The van der Waals surface area contributed by atoms with E-state index in [4.69, 9.17) is 4.98 Å². The highest BCUT2D eigenvalue weighted by molar-refractivity contribution is 6.11. The van der Waals surface area contributed by atoms with Gasteiger partial charge in [0.25, 0.3) is 5.91 Å². The minimum Gasteiger partial charge on any atom is -0.372 e. The molecule has 3 fully saturated rings. The molecule has 10 nitrogen and oxygen atoms in total. The Morgan fingerprint density at radius 3 is 2.50 bits per heavy atom. The number of aliphatic imine (C=N–C) groups is 1.